The third kappa shape index (κ3) is 2.96. The van der Waals surface area contributed by atoms with Crippen LogP contribution < -0.4 is 9.47 Å². The molecule has 1 aromatic rings. The van der Waals surface area contributed by atoms with Gasteiger partial charge in [0.2, 0.25) is 6.79 Å². The standard InChI is InChI=1S/C16H15NO6S/c1-3-21-15(19)9(2)17-14(18)13(24-16(17)20)7-10-4-5-11-12(6-10)23-8-22-11/h4-7,9H,3,8H2,1-2H3/b13-7-/t9-/m0/s1. The first-order chi connectivity index (χ1) is 11.5. The Kier molecular flexibility index (Phi) is 4.48. The van der Waals surface area contributed by atoms with Crippen molar-refractivity contribution in [2.45, 2.75) is 19.9 Å². The molecule has 1 aromatic carbocycles. The van der Waals surface area contributed by atoms with Crippen LogP contribution in [0.5, 0.6) is 11.5 Å². The van der Waals surface area contributed by atoms with E-state index in [1.54, 1.807) is 31.2 Å². The molecule has 0 radical (unpaired) electrons. The van der Waals surface area contributed by atoms with Gasteiger partial charge in [-0.25, -0.2) is 4.79 Å². The monoisotopic (exact) mass is 349 g/mol. The molecule has 1 saturated heterocycles. The van der Waals surface area contributed by atoms with Crippen molar-refractivity contribution >= 4 is 35.0 Å². The summed E-state index contributed by atoms with van der Waals surface area (Å²) in [6.07, 6.45) is 1.59. The number of hydrogen-bond acceptors (Lipinski definition) is 7. The Morgan fingerprint density at radius 2 is 2.12 bits per heavy atom. The maximum atomic E-state index is 12.5. The van der Waals surface area contributed by atoms with Gasteiger partial charge in [0.25, 0.3) is 11.1 Å². The van der Waals surface area contributed by atoms with Gasteiger partial charge in [-0.2, -0.15) is 0 Å². The fourth-order valence-electron chi connectivity index (χ4n) is 2.34. The SMILES string of the molecule is CCOC(=O)[C@H](C)N1C(=O)S/C(=C\c2ccc3c(c2)OCO3)C1=O. The van der Waals surface area contributed by atoms with Crippen molar-refractivity contribution in [1.29, 1.82) is 0 Å². The molecule has 2 heterocycles. The minimum Gasteiger partial charge on any atom is -0.464 e. The molecule has 0 aromatic heterocycles. The van der Waals surface area contributed by atoms with Gasteiger partial charge in [0.15, 0.2) is 11.5 Å². The van der Waals surface area contributed by atoms with E-state index in [9.17, 15) is 14.4 Å². The van der Waals surface area contributed by atoms with Crippen molar-refractivity contribution in [2.24, 2.45) is 0 Å². The average molecular weight is 349 g/mol. The Balaban J connectivity index is 1.82. The Labute approximate surface area is 142 Å². The molecule has 126 valence electrons. The molecular weight excluding hydrogens is 334 g/mol. The van der Waals surface area contributed by atoms with Crippen LogP contribution in [0.2, 0.25) is 0 Å². The third-order valence-electron chi connectivity index (χ3n) is 3.53. The van der Waals surface area contributed by atoms with Crippen LogP contribution in [0.15, 0.2) is 23.1 Å². The van der Waals surface area contributed by atoms with E-state index in [2.05, 4.69) is 0 Å². The molecule has 7 nitrogen and oxygen atoms in total. The van der Waals surface area contributed by atoms with Gasteiger partial charge in [0.05, 0.1) is 11.5 Å². The van der Waals surface area contributed by atoms with E-state index >= 15 is 0 Å². The zero-order valence-corrected chi connectivity index (χ0v) is 13.9. The predicted octanol–water partition coefficient (Wildman–Crippen LogP) is 2.40. The second kappa shape index (κ2) is 6.56. The van der Waals surface area contributed by atoms with Gasteiger partial charge >= 0.3 is 5.97 Å². The summed E-state index contributed by atoms with van der Waals surface area (Å²) in [5, 5.41) is -0.493. The average Bonchev–Trinajstić information content (AvgIpc) is 3.11. The first kappa shape index (κ1) is 16.4. The fraction of sp³-hybridized carbons (Fsp3) is 0.312. The summed E-state index contributed by atoms with van der Waals surface area (Å²) in [5.41, 5.74) is 0.702. The summed E-state index contributed by atoms with van der Waals surface area (Å²) in [7, 11) is 0. The van der Waals surface area contributed by atoms with Crippen LogP contribution in [-0.4, -0.2) is 41.5 Å². The van der Waals surface area contributed by atoms with E-state index in [1.165, 1.54) is 6.92 Å². The third-order valence-corrected chi connectivity index (χ3v) is 4.42. The quantitative estimate of drug-likeness (QED) is 0.610. The molecule has 0 spiro atoms. The van der Waals surface area contributed by atoms with Crippen LogP contribution in [0, 0.1) is 0 Å². The molecule has 0 bridgehead atoms. The van der Waals surface area contributed by atoms with Gasteiger partial charge in [0.1, 0.15) is 6.04 Å². The first-order valence-electron chi connectivity index (χ1n) is 7.34. The van der Waals surface area contributed by atoms with Crippen molar-refractivity contribution in [2.75, 3.05) is 13.4 Å². The summed E-state index contributed by atoms with van der Waals surface area (Å²) >= 11 is 0.792. The smallest absolute Gasteiger partial charge is 0.329 e. The number of ether oxygens (including phenoxy) is 3. The van der Waals surface area contributed by atoms with Crippen LogP contribution in [-0.2, 0) is 14.3 Å². The molecule has 3 rings (SSSR count). The number of hydrogen-bond donors (Lipinski definition) is 0. The number of esters is 1. The summed E-state index contributed by atoms with van der Waals surface area (Å²) in [5.74, 6) is 0.103. The maximum absolute atomic E-state index is 12.5. The number of rotatable bonds is 4. The highest BCUT2D eigenvalue weighted by atomic mass is 32.2. The van der Waals surface area contributed by atoms with E-state index in [0.717, 1.165) is 16.7 Å². The Morgan fingerprint density at radius 3 is 2.88 bits per heavy atom. The molecule has 2 aliphatic heterocycles. The maximum Gasteiger partial charge on any atom is 0.329 e. The summed E-state index contributed by atoms with van der Waals surface area (Å²) < 4.78 is 15.4. The van der Waals surface area contributed by atoms with Crippen LogP contribution in [0.3, 0.4) is 0 Å². The van der Waals surface area contributed by atoms with E-state index < -0.39 is 23.2 Å². The van der Waals surface area contributed by atoms with Gasteiger partial charge < -0.3 is 14.2 Å². The number of carbonyl (C=O) groups excluding carboxylic acids is 3. The molecule has 0 saturated carbocycles. The topological polar surface area (TPSA) is 82.1 Å². The molecule has 2 amide bonds. The van der Waals surface area contributed by atoms with E-state index in [1.807, 2.05) is 0 Å². The fourth-order valence-corrected chi connectivity index (χ4v) is 3.24. The number of fused-ring (bicyclic) bond motifs is 1. The van der Waals surface area contributed by atoms with Crippen LogP contribution >= 0.6 is 11.8 Å². The molecule has 2 aliphatic rings. The van der Waals surface area contributed by atoms with Gasteiger partial charge in [-0.1, -0.05) is 6.07 Å². The number of carbonyl (C=O) groups is 3. The van der Waals surface area contributed by atoms with Gasteiger partial charge in [-0.3, -0.25) is 14.5 Å². The van der Waals surface area contributed by atoms with Gasteiger partial charge in [-0.15, -0.1) is 0 Å². The number of amides is 2. The highest BCUT2D eigenvalue weighted by Gasteiger charge is 2.41. The lowest BCUT2D eigenvalue weighted by Crippen LogP contribution is -2.42. The molecule has 1 atom stereocenters. The molecule has 0 unspecified atom stereocenters. The van der Waals surface area contributed by atoms with Gasteiger partial charge in [0, 0.05) is 0 Å². The minimum atomic E-state index is -0.958. The molecular formula is C16H15NO6S. The lowest BCUT2D eigenvalue weighted by molar-refractivity contribution is -0.150. The molecule has 1 fully saturated rings. The second-order valence-corrected chi connectivity index (χ2v) is 6.09. The van der Waals surface area contributed by atoms with Crippen molar-refractivity contribution in [3.05, 3.63) is 28.7 Å². The Hall–Kier alpha value is -2.48. The zero-order valence-electron chi connectivity index (χ0n) is 13.1. The largest absolute Gasteiger partial charge is 0.464 e. The van der Waals surface area contributed by atoms with Crippen molar-refractivity contribution in [3.63, 3.8) is 0 Å². The van der Waals surface area contributed by atoms with E-state index in [4.69, 9.17) is 14.2 Å². The Morgan fingerprint density at radius 1 is 1.38 bits per heavy atom. The number of nitrogens with zero attached hydrogens (tertiary/aromatic N) is 1. The number of thioether (sulfide) groups is 1. The summed E-state index contributed by atoms with van der Waals surface area (Å²) in [6, 6.07) is 4.26. The van der Waals surface area contributed by atoms with Gasteiger partial charge in [-0.05, 0) is 49.4 Å². The summed E-state index contributed by atoms with van der Waals surface area (Å²) in [4.78, 5) is 37.5. The van der Waals surface area contributed by atoms with Crippen molar-refractivity contribution in [3.8, 4) is 11.5 Å². The van der Waals surface area contributed by atoms with E-state index in [-0.39, 0.29) is 18.3 Å². The number of imide groups is 1. The highest BCUT2D eigenvalue weighted by Crippen LogP contribution is 2.36. The van der Waals surface area contributed by atoms with Crippen molar-refractivity contribution in [1.82, 2.24) is 4.90 Å². The lowest BCUT2D eigenvalue weighted by atomic mass is 10.2. The van der Waals surface area contributed by atoms with Crippen LogP contribution in [0.1, 0.15) is 19.4 Å². The van der Waals surface area contributed by atoms with Crippen LogP contribution in [0.25, 0.3) is 6.08 Å². The molecule has 0 aliphatic carbocycles. The highest BCUT2D eigenvalue weighted by molar-refractivity contribution is 8.18. The summed E-state index contributed by atoms with van der Waals surface area (Å²) in [6.45, 7) is 3.48. The lowest BCUT2D eigenvalue weighted by Gasteiger charge is -2.19. The molecule has 24 heavy (non-hydrogen) atoms. The predicted molar refractivity (Wildman–Crippen MR) is 86.5 cm³/mol. The van der Waals surface area contributed by atoms with Crippen LogP contribution in [0.4, 0.5) is 4.79 Å². The Bertz CT molecular complexity index is 744. The normalized spacial score (nSPS) is 19.1. The first-order valence-corrected chi connectivity index (χ1v) is 8.16. The minimum absolute atomic E-state index is 0.159. The van der Waals surface area contributed by atoms with E-state index in [0.29, 0.717) is 17.1 Å². The number of benzene rings is 1. The van der Waals surface area contributed by atoms with Crippen molar-refractivity contribution < 1.29 is 28.6 Å². The second-order valence-electron chi connectivity index (χ2n) is 5.09. The molecule has 8 heteroatoms. The molecule has 0 N–H and O–H groups in total. The zero-order chi connectivity index (χ0) is 17.3.